The highest BCUT2D eigenvalue weighted by molar-refractivity contribution is 6.30. The summed E-state index contributed by atoms with van der Waals surface area (Å²) in [4.78, 5) is 12.0. The molecule has 0 saturated heterocycles. The average molecular weight is 301 g/mol. The molecule has 0 fully saturated rings. The van der Waals surface area contributed by atoms with Crippen molar-refractivity contribution in [2.45, 2.75) is 0 Å². The Hall–Kier alpha value is -2.64. The van der Waals surface area contributed by atoms with Gasteiger partial charge in [-0.1, -0.05) is 29.8 Å². The highest BCUT2D eigenvalue weighted by Crippen LogP contribution is 2.16. The van der Waals surface area contributed by atoms with Crippen molar-refractivity contribution in [2.75, 3.05) is 5.32 Å². The summed E-state index contributed by atoms with van der Waals surface area (Å²) in [5, 5.41) is 12.1. The number of rotatable bonds is 3. The van der Waals surface area contributed by atoms with E-state index in [4.69, 9.17) is 16.9 Å². The predicted octanol–water partition coefficient (Wildman–Crippen LogP) is 4.02. The molecule has 0 radical (unpaired) electrons. The smallest absolute Gasteiger partial charge is 0.266 e. The fourth-order valence-electron chi connectivity index (χ4n) is 1.63. The molecule has 1 N–H and O–H groups in total. The number of hydrogen-bond donors (Lipinski definition) is 1. The van der Waals surface area contributed by atoms with Gasteiger partial charge < -0.3 is 5.32 Å². The van der Waals surface area contributed by atoms with E-state index in [0.29, 0.717) is 10.7 Å². The lowest BCUT2D eigenvalue weighted by Crippen LogP contribution is -2.13. The van der Waals surface area contributed by atoms with Gasteiger partial charge in [0.25, 0.3) is 5.91 Å². The summed E-state index contributed by atoms with van der Waals surface area (Å²) in [7, 11) is 0. The van der Waals surface area contributed by atoms with Gasteiger partial charge in [-0.25, -0.2) is 4.39 Å². The van der Waals surface area contributed by atoms with Gasteiger partial charge in [0.2, 0.25) is 0 Å². The van der Waals surface area contributed by atoms with Crippen LogP contribution in [-0.2, 0) is 4.79 Å². The number of amides is 1. The molecule has 104 valence electrons. The summed E-state index contributed by atoms with van der Waals surface area (Å²) < 4.78 is 13.5. The summed E-state index contributed by atoms with van der Waals surface area (Å²) in [6, 6.07) is 14.1. The van der Waals surface area contributed by atoms with Crippen LogP contribution in [0.1, 0.15) is 5.56 Å². The molecular weight excluding hydrogens is 291 g/mol. The number of nitriles is 1. The summed E-state index contributed by atoms with van der Waals surface area (Å²) in [5.41, 5.74) is 0.495. The maximum Gasteiger partial charge on any atom is 0.266 e. The standard InChI is InChI=1S/C16H10ClFN2O/c17-13-5-7-14(8-6-13)20-16(21)12(10-19)9-11-3-1-2-4-15(11)18/h1-9H,(H,20,21)/b12-9+. The number of nitrogens with zero attached hydrogens (tertiary/aromatic N) is 1. The van der Waals surface area contributed by atoms with Crippen LogP contribution in [0.2, 0.25) is 5.02 Å². The Bertz CT molecular complexity index is 733. The van der Waals surface area contributed by atoms with E-state index >= 15 is 0 Å². The fraction of sp³-hybridized carbons (Fsp3) is 0. The molecule has 2 aromatic rings. The fourth-order valence-corrected chi connectivity index (χ4v) is 1.75. The topological polar surface area (TPSA) is 52.9 Å². The molecule has 0 unspecified atom stereocenters. The lowest BCUT2D eigenvalue weighted by molar-refractivity contribution is -0.112. The molecule has 0 bridgehead atoms. The molecule has 0 aromatic heterocycles. The van der Waals surface area contributed by atoms with Gasteiger partial charge in [-0.2, -0.15) is 5.26 Å². The number of halogens is 2. The minimum atomic E-state index is -0.608. The largest absolute Gasteiger partial charge is 0.321 e. The highest BCUT2D eigenvalue weighted by atomic mass is 35.5. The second kappa shape index (κ2) is 6.69. The third-order valence-corrected chi connectivity index (χ3v) is 2.92. The van der Waals surface area contributed by atoms with Crippen molar-refractivity contribution in [1.29, 1.82) is 5.26 Å². The Morgan fingerprint density at radius 2 is 1.86 bits per heavy atom. The number of nitrogens with one attached hydrogen (secondary N) is 1. The molecule has 0 atom stereocenters. The molecule has 0 spiro atoms. The molecule has 21 heavy (non-hydrogen) atoms. The Morgan fingerprint density at radius 1 is 1.19 bits per heavy atom. The van der Waals surface area contributed by atoms with Crippen LogP contribution in [0, 0.1) is 17.1 Å². The quantitative estimate of drug-likeness (QED) is 0.687. The van der Waals surface area contributed by atoms with Crippen LogP contribution in [0.25, 0.3) is 6.08 Å². The number of anilines is 1. The second-order valence-corrected chi connectivity index (χ2v) is 4.59. The first-order chi connectivity index (χ1) is 10.1. The van der Waals surface area contributed by atoms with Crippen molar-refractivity contribution in [3.8, 4) is 6.07 Å². The minimum Gasteiger partial charge on any atom is -0.321 e. The van der Waals surface area contributed by atoms with E-state index in [9.17, 15) is 9.18 Å². The summed E-state index contributed by atoms with van der Waals surface area (Å²) in [6.07, 6.45) is 1.21. The summed E-state index contributed by atoms with van der Waals surface area (Å²) in [6.45, 7) is 0. The zero-order valence-electron chi connectivity index (χ0n) is 10.8. The Labute approximate surface area is 126 Å². The molecule has 0 heterocycles. The van der Waals surface area contributed by atoms with Crippen molar-refractivity contribution in [1.82, 2.24) is 0 Å². The normalized spacial score (nSPS) is 10.8. The molecule has 2 aromatic carbocycles. The zero-order chi connectivity index (χ0) is 15.2. The van der Waals surface area contributed by atoms with Crippen LogP contribution in [0.3, 0.4) is 0 Å². The first kappa shape index (κ1) is 14.8. The molecule has 0 aliphatic heterocycles. The van der Waals surface area contributed by atoms with E-state index in [1.54, 1.807) is 36.4 Å². The van der Waals surface area contributed by atoms with Gasteiger partial charge in [0, 0.05) is 16.3 Å². The Kier molecular flexibility index (Phi) is 4.70. The highest BCUT2D eigenvalue weighted by Gasteiger charge is 2.10. The number of carbonyl (C=O) groups excluding carboxylic acids is 1. The Morgan fingerprint density at radius 3 is 2.48 bits per heavy atom. The van der Waals surface area contributed by atoms with Gasteiger partial charge in [-0.3, -0.25) is 4.79 Å². The van der Waals surface area contributed by atoms with Gasteiger partial charge in [-0.05, 0) is 36.4 Å². The number of benzene rings is 2. The molecule has 0 aliphatic carbocycles. The van der Waals surface area contributed by atoms with Crippen LogP contribution in [0.15, 0.2) is 54.1 Å². The van der Waals surface area contributed by atoms with Crippen molar-refractivity contribution < 1.29 is 9.18 Å². The van der Waals surface area contributed by atoms with E-state index in [1.807, 2.05) is 0 Å². The van der Waals surface area contributed by atoms with Crippen molar-refractivity contribution in [3.05, 3.63) is 70.5 Å². The molecule has 5 heteroatoms. The summed E-state index contributed by atoms with van der Waals surface area (Å²) in [5.74, 6) is -1.10. The number of carbonyl (C=O) groups is 1. The van der Waals surface area contributed by atoms with E-state index in [0.717, 1.165) is 0 Å². The van der Waals surface area contributed by atoms with Crippen LogP contribution in [0.4, 0.5) is 10.1 Å². The zero-order valence-corrected chi connectivity index (χ0v) is 11.6. The molecular formula is C16H10ClFN2O. The van der Waals surface area contributed by atoms with Crippen LogP contribution < -0.4 is 5.32 Å². The van der Waals surface area contributed by atoms with E-state index < -0.39 is 11.7 Å². The molecule has 1 amide bonds. The third-order valence-electron chi connectivity index (χ3n) is 2.67. The van der Waals surface area contributed by atoms with Gasteiger partial charge in [0.15, 0.2) is 0 Å². The van der Waals surface area contributed by atoms with Crippen LogP contribution in [-0.4, -0.2) is 5.91 Å². The van der Waals surface area contributed by atoms with Crippen LogP contribution in [0.5, 0.6) is 0 Å². The molecule has 3 nitrogen and oxygen atoms in total. The predicted molar refractivity (Wildman–Crippen MR) is 80.1 cm³/mol. The van der Waals surface area contributed by atoms with Gasteiger partial charge in [0.05, 0.1) is 0 Å². The van der Waals surface area contributed by atoms with Gasteiger partial charge in [0.1, 0.15) is 17.5 Å². The third kappa shape index (κ3) is 3.91. The maximum absolute atomic E-state index is 13.5. The minimum absolute atomic E-state index is 0.181. The second-order valence-electron chi connectivity index (χ2n) is 4.15. The first-order valence-corrected chi connectivity index (χ1v) is 6.41. The van der Waals surface area contributed by atoms with E-state index in [1.165, 1.54) is 24.3 Å². The Balaban J connectivity index is 2.22. The lowest BCUT2D eigenvalue weighted by atomic mass is 10.1. The van der Waals surface area contributed by atoms with Crippen LogP contribution >= 0.6 is 11.6 Å². The molecule has 0 aliphatic rings. The molecule has 0 saturated carbocycles. The summed E-state index contributed by atoms with van der Waals surface area (Å²) >= 11 is 5.74. The number of hydrogen-bond acceptors (Lipinski definition) is 2. The average Bonchev–Trinajstić information content (AvgIpc) is 2.48. The van der Waals surface area contributed by atoms with E-state index in [-0.39, 0.29) is 11.1 Å². The van der Waals surface area contributed by atoms with Gasteiger partial charge >= 0.3 is 0 Å². The molecule has 2 rings (SSSR count). The van der Waals surface area contributed by atoms with Crippen molar-refractivity contribution in [2.24, 2.45) is 0 Å². The van der Waals surface area contributed by atoms with Crippen molar-refractivity contribution >= 4 is 29.3 Å². The van der Waals surface area contributed by atoms with Gasteiger partial charge in [-0.15, -0.1) is 0 Å². The first-order valence-electron chi connectivity index (χ1n) is 6.03. The lowest BCUT2D eigenvalue weighted by Gasteiger charge is -2.04. The van der Waals surface area contributed by atoms with Crippen molar-refractivity contribution in [3.63, 3.8) is 0 Å². The SMILES string of the molecule is N#C/C(=C\c1ccccc1F)C(=O)Nc1ccc(Cl)cc1. The van der Waals surface area contributed by atoms with E-state index in [2.05, 4.69) is 5.32 Å². The maximum atomic E-state index is 13.5. The monoisotopic (exact) mass is 300 g/mol.